The molecule has 0 fully saturated rings. The minimum absolute atomic E-state index is 0.583. The molecule has 0 atom stereocenters. The first kappa shape index (κ1) is 18.2. The van der Waals surface area contributed by atoms with E-state index in [0.29, 0.717) is 28.6 Å². The fraction of sp³-hybridized carbons (Fsp3) is 0.250. The van der Waals surface area contributed by atoms with Crippen molar-refractivity contribution in [2.24, 2.45) is 0 Å². The standard InChI is InChI=1S/C20H21NO4/c1-13(12-21)20(14-6-8-16(22-2)18(10-14)24-4)15-7-9-17(23-3)19(11-15)25-5/h6-11H,1-5H3. The van der Waals surface area contributed by atoms with E-state index in [1.54, 1.807) is 35.4 Å². The molecule has 0 aromatic heterocycles. The van der Waals surface area contributed by atoms with Crippen LogP contribution in [0.4, 0.5) is 0 Å². The van der Waals surface area contributed by atoms with E-state index in [1.807, 2.05) is 36.4 Å². The Bertz CT molecular complexity index is 777. The maximum atomic E-state index is 9.46. The van der Waals surface area contributed by atoms with Crippen LogP contribution in [0.1, 0.15) is 18.1 Å². The van der Waals surface area contributed by atoms with Gasteiger partial charge in [0.1, 0.15) is 0 Å². The third kappa shape index (κ3) is 3.69. The maximum Gasteiger partial charge on any atom is 0.161 e. The molecule has 130 valence electrons. The Balaban J connectivity index is 2.66. The van der Waals surface area contributed by atoms with Gasteiger partial charge in [0.15, 0.2) is 23.0 Å². The summed E-state index contributed by atoms with van der Waals surface area (Å²) in [6.07, 6.45) is 0. The van der Waals surface area contributed by atoms with Crippen molar-refractivity contribution in [2.75, 3.05) is 28.4 Å². The third-order valence-electron chi connectivity index (χ3n) is 3.89. The van der Waals surface area contributed by atoms with Gasteiger partial charge < -0.3 is 18.9 Å². The van der Waals surface area contributed by atoms with Crippen LogP contribution in [-0.2, 0) is 0 Å². The summed E-state index contributed by atoms with van der Waals surface area (Å²) in [5.74, 6) is 2.47. The van der Waals surface area contributed by atoms with E-state index in [4.69, 9.17) is 18.9 Å². The van der Waals surface area contributed by atoms with Crippen molar-refractivity contribution < 1.29 is 18.9 Å². The average Bonchev–Trinajstić information content (AvgIpc) is 2.67. The summed E-state index contributed by atoms with van der Waals surface area (Å²) >= 11 is 0. The van der Waals surface area contributed by atoms with Gasteiger partial charge in [0.25, 0.3) is 0 Å². The lowest BCUT2D eigenvalue weighted by molar-refractivity contribution is 0.354. The molecule has 0 saturated heterocycles. The van der Waals surface area contributed by atoms with E-state index in [9.17, 15) is 5.26 Å². The molecule has 25 heavy (non-hydrogen) atoms. The van der Waals surface area contributed by atoms with E-state index in [0.717, 1.165) is 16.7 Å². The summed E-state index contributed by atoms with van der Waals surface area (Å²) < 4.78 is 21.3. The summed E-state index contributed by atoms with van der Waals surface area (Å²) in [6, 6.07) is 13.4. The first-order valence-electron chi connectivity index (χ1n) is 7.65. The molecule has 0 spiro atoms. The van der Waals surface area contributed by atoms with E-state index in [-0.39, 0.29) is 0 Å². The maximum absolute atomic E-state index is 9.46. The van der Waals surface area contributed by atoms with E-state index in [2.05, 4.69) is 6.07 Å². The van der Waals surface area contributed by atoms with Crippen LogP contribution in [0.5, 0.6) is 23.0 Å². The lowest BCUT2D eigenvalue weighted by Gasteiger charge is -2.15. The number of nitriles is 1. The van der Waals surface area contributed by atoms with Gasteiger partial charge in [-0.15, -0.1) is 0 Å². The quantitative estimate of drug-likeness (QED) is 0.743. The first-order valence-corrected chi connectivity index (χ1v) is 7.65. The lowest BCUT2D eigenvalue weighted by atomic mass is 9.93. The number of methoxy groups -OCH3 is 4. The molecule has 0 aliphatic carbocycles. The third-order valence-corrected chi connectivity index (χ3v) is 3.89. The number of nitrogens with zero attached hydrogens (tertiary/aromatic N) is 1. The molecule has 0 radical (unpaired) electrons. The van der Waals surface area contributed by atoms with Gasteiger partial charge in [-0.1, -0.05) is 12.1 Å². The zero-order valence-corrected chi connectivity index (χ0v) is 15.0. The fourth-order valence-electron chi connectivity index (χ4n) is 2.64. The van der Waals surface area contributed by atoms with Crippen LogP contribution in [0.15, 0.2) is 42.0 Å². The molecule has 5 heteroatoms. The molecule has 0 N–H and O–H groups in total. The average molecular weight is 339 g/mol. The van der Waals surface area contributed by atoms with Gasteiger partial charge in [-0.05, 0) is 42.3 Å². The molecule has 0 heterocycles. The molecular formula is C20H21NO4. The van der Waals surface area contributed by atoms with E-state index >= 15 is 0 Å². The van der Waals surface area contributed by atoms with Crippen LogP contribution >= 0.6 is 0 Å². The summed E-state index contributed by atoms with van der Waals surface area (Å²) in [5, 5.41) is 9.46. The Morgan fingerprint density at radius 1 is 0.720 bits per heavy atom. The Kier molecular flexibility index (Phi) is 5.91. The molecular weight excluding hydrogens is 318 g/mol. The summed E-state index contributed by atoms with van der Waals surface area (Å²) in [6.45, 7) is 1.78. The van der Waals surface area contributed by atoms with Gasteiger partial charge in [-0.25, -0.2) is 0 Å². The minimum Gasteiger partial charge on any atom is -0.493 e. The number of hydrogen-bond acceptors (Lipinski definition) is 5. The molecule has 5 nitrogen and oxygen atoms in total. The van der Waals surface area contributed by atoms with Gasteiger partial charge in [0, 0.05) is 11.1 Å². The molecule has 0 unspecified atom stereocenters. The Hall–Kier alpha value is -3.13. The Morgan fingerprint density at radius 3 is 1.44 bits per heavy atom. The molecule has 2 aromatic rings. The monoisotopic (exact) mass is 339 g/mol. The highest BCUT2D eigenvalue weighted by molar-refractivity contribution is 5.85. The normalized spacial score (nSPS) is 9.76. The van der Waals surface area contributed by atoms with Crippen LogP contribution in [0, 0.1) is 11.3 Å². The summed E-state index contributed by atoms with van der Waals surface area (Å²) in [4.78, 5) is 0. The van der Waals surface area contributed by atoms with Gasteiger partial charge in [-0.3, -0.25) is 0 Å². The van der Waals surface area contributed by atoms with Crippen LogP contribution < -0.4 is 18.9 Å². The van der Waals surface area contributed by atoms with Crippen LogP contribution in [-0.4, -0.2) is 28.4 Å². The number of benzene rings is 2. The molecule has 0 aliphatic heterocycles. The number of ether oxygens (including phenoxy) is 4. The highest BCUT2D eigenvalue weighted by atomic mass is 16.5. The van der Waals surface area contributed by atoms with Crippen LogP contribution in [0.3, 0.4) is 0 Å². The van der Waals surface area contributed by atoms with Crippen molar-refractivity contribution in [3.8, 4) is 29.1 Å². The van der Waals surface area contributed by atoms with Crippen LogP contribution in [0.2, 0.25) is 0 Å². The van der Waals surface area contributed by atoms with Crippen molar-refractivity contribution in [2.45, 2.75) is 6.92 Å². The van der Waals surface area contributed by atoms with E-state index < -0.39 is 0 Å². The Morgan fingerprint density at radius 2 is 1.12 bits per heavy atom. The van der Waals surface area contributed by atoms with Gasteiger partial charge in [-0.2, -0.15) is 5.26 Å². The molecule has 2 aromatic carbocycles. The number of hydrogen-bond donors (Lipinski definition) is 0. The molecule has 0 amide bonds. The van der Waals surface area contributed by atoms with Gasteiger partial charge in [0.05, 0.1) is 34.5 Å². The molecule has 0 aliphatic rings. The Labute approximate surface area is 148 Å². The highest BCUT2D eigenvalue weighted by Gasteiger charge is 2.15. The first-order chi connectivity index (χ1) is 12.1. The van der Waals surface area contributed by atoms with Crippen molar-refractivity contribution in [3.63, 3.8) is 0 Å². The molecule has 0 saturated carbocycles. The second-order valence-electron chi connectivity index (χ2n) is 5.25. The second kappa shape index (κ2) is 8.11. The van der Waals surface area contributed by atoms with Gasteiger partial charge >= 0.3 is 0 Å². The van der Waals surface area contributed by atoms with Crippen LogP contribution in [0.25, 0.3) is 5.57 Å². The fourth-order valence-corrected chi connectivity index (χ4v) is 2.64. The predicted octanol–water partition coefficient (Wildman–Crippen LogP) is 4.07. The predicted molar refractivity (Wildman–Crippen MR) is 96.4 cm³/mol. The summed E-state index contributed by atoms with van der Waals surface area (Å²) in [5.41, 5.74) is 3.08. The second-order valence-corrected chi connectivity index (χ2v) is 5.25. The van der Waals surface area contributed by atoms with Crippen molar-refractivity contribution >= 4 is 5.57 Å². The SMILES string of the molecule is COc1ccc(C(=C(C)C#N)c2ccc(OC)c(OC)c2)cc1OC. The minimum atomic E-state index is 0.583. The van der Waals surface area contributed by atoms with E-state index in [1.165, 1.54) is 0 Å². The highest BCUT2D eigenvalue weighted by Crippen LogP contribution is 2.37. The zero-order valence-electron chi connectivity index (χ0n) is 15.0. The number of rotatable bonds is 6. The molecule has 0 bridgehead atoms. The lowest BCUT2D eigenvalue weighted by Crippen LogP contribution is -1.97. The van der Waals surface area contributed by atoms with Crippen molar-refractivity contribution in [1.82, 2.24) is 0 Å². The van der Waals surface area contributed by atoms with Crippen molar-refractivity contribution in [3.05, 3.63) is 53.1 Å². The zero-order chi connectivity index (χ0) is 18.4. The topological polar surface area (TPSA) is 60.7 Å². The number of allylic oxidation sites excluding steroid dienone is 1. The molecule has 2 rings (SSSR count). The van der Waals surface area contributed by atoms with Gasteiger partial charge in [0.2, 0.25) is 0 Å². The van der Waals surface area contributed by atoms with Crippen molar-refractivity contribution in [1.29, 1.82) is 5.26 Å². The summed E-state index contributed by atoms with van der Waals surface area (Å²) in [7, 11) is 6.34. The smallest absolute Gasteiger partial charge is 0.161 e. The largest absolute Gasteiger partial charge is 0.493 e.